The Balaban J connectivity index is 1.56. The summed E-state index contributed by atoms with van der Waals surface area (Å²) in [6.45, 7) is 5.07. The fraction of sp³-hybridized carbons (Fsp3) is 0.364. The number of aryl methyl sites for hydroxylation is 1. The van der Waals surface area contributed by atoms with E-state index in [2.05, 4.69) is 41.8 Å². The Hall–Kier alpha value is -3.02. The molecule has 0 heterocycles. The van der Waals surface area contributed by atoms with Crippen molar-refractivity contribution < 1.29 is 14.3 Å². The minimum Gasteiger partial charge on any atom is -0.484 e. The van der Waals surface area contributed by atoms with Gasteiger partial charge in [0.2, 0.25) is 0 Å². The van der Waals surface area contributed by atoms with Gasteiger partial charge in [-0.25, -0.2) is 4.79 Å². The van der Waals surface area contributed by atoms with Gasteiger partial charge in [-0.3, -0.25) is 4.79 Å². The SMILES string of the molecule is CCNC(=O)COc1ccc(NC(=O)N(Cc2ccc(C)cc2)C2CC2)cc1. The molecule has 0 unspecified atom stereocenters. The number of hydrogen-bond donors (Lipinski definition) is 2. The van der Waals surface area contributed by atoms with Crippen LogP contribution in [-0.2, 0) is 11.3 Å². The first kappa shape index (κ1) is 19.7. The largest absolute Gasteiger partial charge is 0.484 e. The van der Waals surface area contributed by atoms with Gasteiger partial charge in [-0.2, -0.15) is 0 Å². The van der Waals surface area contributed by atoms with Gasteiger partial charge >= 0.3 is 6.03 Å². The van der Waals surface area contributed by atoms with E-state index in [9.17, 15) is 9.59 Å². The second-order valence-corrected chi connectivity index (χ2v) is 7.04. The maximum atomic E-state index is 12.8. The molecule has 0 radical (unpaired) electrons. The molecule has 2 aromatic rings. The number of benzene rings is 2. The van der Waals surface area contributed by atoms with Crippen LogP contribution in [0.5, 0.6) is 5.75 Å². The summed E-state index contributed by atoms with van der Waals surface area (Å²) in [6.07, 6.45) is 2.10. The second-order valence-electron chi connectivity index (χ2n) is 7.04. The lowest BCUT2D eigenvalue weighted by molar-refractivity contribution is -0.122. The predicted molar refractivity (Wildman–Crippen MR) is 109 cm³/mol. The molecule has 0 bridgehead atoms. The monoisotopic (exact) mass is 381 g/mol. The molecule has 0 aromatic heterocycles. The van der Waals surface area contributed by atoms with Crippen molar-refractivity contribution in [3.63, 3.8) is 0 Å². The van der Waals surface area contributed by atoms with E-state index in [1.54, 1.807) is 24.3 Å². The maximum absolute atomic E-state index is 12.8. The highest BCUT2D eigenvalue weighted by Crippen LogP contribution is 2.29. The lowest BCUT2D eigenvalue weighted by Crippen LogP contribution is -2.36. The standard InChI is InChI=1S/C22H27N3O3/c1-3-23-21(26)15-28-20-12-8-18(9-13-20)24-22(27)25(19-10-11-19)14-17-6-4-16(2)5-7-17/h4-9,12-13,19H,3,10-11,14-15H2,1-2H3,(H,23,26)(H,24,27). The van der Waals surface area contributed by atoms with Crippen molar-refractivity contribution in [3.8, 4) is 5.75 Å². The summed E-state index contributed by atoms with van der Waals surface area (Å²) < 4.78 is 5.43. The summed E-state index contributed by atoms with van der Waals surface area (Å²) in [5.41, 5.74) is 3.03. The van der Waals surface area contributed by atoms with Crippen molar-refractivity contribution in [1.29, 1.82) is 0 Å². The molecule has 28 heavy (non-hydrogen) atoms. The minimum atomic E-state index is -0.156. The maximum Gasteiger partial charge on any atom is 0.322 e. The summed E-state index contributed by atoms with van der Waals surface area (Å²) in [7, 11) is 0. The number of amides is 3. The zero-order valence-corrected chi connectivity index (χ0v) is 16.4. The van der Waals surface area contributed by atoms with Crippen LogP contribution in [0.25, 0.3) is 0 Å². The molecule has 3 rings (SSSR count). The van der Waals surface area contributed by atoms with Gasteiger partial charge in [0.05, 0.1) is 0 Å². The van der Waals surface area contributed by atoms with Gasteiger partial charge in [-0.1, -0.05) is 29.8 Å². The molecule has 1 saturated carbocycles. The highest BCUT2D eigenvalue weighted by atomic mass is 16.5. The van der Waals surface area contributed by atoms with Gasteiger partial charge in [-0.05, 0) is 56.5 Å². The Bertz CT molecular complexity index is 799. The van der Waals surface area contributed by atoms with E-state index in [0.29, 0.717) is 30.6 Å². The Morgan fingerprint density at radius 3 is 2.36 bits per heavy atom. The lowest BCUT2D eigenvalue weighted by Gasteiger charge is -2.23. The molecule has 3 amide bonds. The van der Waals surface area contributed by atoms with Crippen LogP contribution >= 0.6 is 0 Å². The molecule has 1 fully saturated rings. The van der Waals surface area contributed by atoms with Gasteiger partial charge in [0.15, 0.2) is 6.61 Å². The smallest absolute Gasteiger partial charge is 0.322 e. The second kappa shape index (κ2) is 9.26. The van der Waals surface area contributed by atoms with Crippen LogP contribution in [0, 0.1) is 6.92 Å². The molecule has 1 aliphatic rings. The first-order chi connectivity index (χ1) is 13.5. The topological polar surface area (TPSA) is 70.7 Å². The fourth-order valence-corrected chi connectivity index (χ4v) is 2.87. The first-order valence-electron chi connectivity index (χ1n) is 9.68. The third-order valence-electron chi connectivity index (χ3n) is 4.57. The molecular weight excluding hydrogens is 354 g/mol. The van der Waals surface area contributed by atoms with Crippen LogP contribution in [0.1, 0.15) is 30.9 Å². The number of hydrogen-bond acceptors (Lipinski definition) is 3. The summed E-state index contributed by atoms with van der Waals surface area (Å²) in [4.78, 5) is 26.1. The quantitative estimate of drug-likeness (QED) is 0.732. The van der Waals surface area contributed by atoms with Crippen molar-refractivity contribution in [1.82, 2.24) is 10.2 Å². The highest BCUT2D eigenvalue weighted by Gasteiger charge is 2.32. The van der Waals surface area contributed by atoms with E-state index < -0.39 is 0 Å². The van der Waals surface area contributed by atoms with Crippen molar-refractivity contribution in [3.05, 3.63) is 59.7 Å². The number of likely N-dealkylation sites (N-methyl/N-ethyl adjacent to an activating group) is 1. The van der Waals surface area contributed by atoms with Crippen LogP contribution < -0.4 is 15.4 Å². The average molecular weight is 381 g/mol. The molecule has 0 aliphatic heterocycles. The number of nitrogens with zero attached hydrogens (tertiary/aromatic N) is 1. The molecule has 6 heteroatoms. The van der Waals surface area contributed by atoms with Crippen LogP contribution in [-0.4, -0.2) is 36.0 Å². The van der Waals surface area contributed by atoms with Crippen LogP contribution in [0.3, 0.4) is 0 Å². The van der Waals surface area contributed by atoms with Crippen LogP contribution in [0.15, 0.2) is 48.5 Å². The number of rotatable bonds is 8. The predicted octanol–water partition coefficient (Wildman–Crippen LogP) is 3.71. The van der Waals surface area contributed by atoms with E-state index >= 15 is 0 Å². The van der Waals surface area contributed by atoms with Gasteiger partial charge in [0.1, 0.15) is 5.75 Å². The molecule has 148 valence electrons. The Morgan fingerprint density at radius 2 is 1.75 bits per heavy atom. The normalized spacial score (nSPS) is 12.9. The minimum absolute atomic E-state index is 0.0223. The van der Waals surface area contributed by atoms with Crippen molar-refractivity contribution >= 4 is 17.6 Å². The molecule has 1 aliphatic carbocycles. The van der Waals surface area contributed by atoms with E-state index in [1.807, 2.05) is 11.8 Å². The van der Waals surface area contributed by atoms with Crippen LogP contribution in [0.4, 0.5) is 10.5 Å². The zero-order valence-electron chi connectivity index (χ0n) is 16.4. The number of carbonyl (C=O) groups is 2. The molecular formula is C22H27N3O3. The molecule has 0 saturated heterocycles. The van der Waals surface area contributed by atoms with Crippen LogP contribution in [0.2, 0.25) is 0 Å². The Morgan fingerprint density at radius 1 is 1.07 bits per heavy atom. The highest BCUT2D eigenvalue weighted by molar-refractivity contribution is 5.89. The number of urea groups is 1. The first-order valence-corrected chi connectivity index (χ1v) is 9.68. The van der Waals surface area contributed by atoms with E-state index in [1.165, 1.54) is 5.56 Å². The zero-order chi connectivity index (χ0) is 19.9. The lowest BCUT2D eigenvalue weighted by atomic mass is 10.1. The van der Waals surface area contributed by atoms with Crippen molar-refractivity contribution in [2.45, 2.75) is 39.3 Å². The molecule has 2 aromatic carbocycles. The summed E-state index contributed by atoms with van der Waals surface area (Å²) in [6, 6.07) is 15.5. The summed E-state index contributed by atoms with van der Waals surface area (Å²) in [5, 5.41) is 5.64. The van der Waals surface area contributed by atoms with Gasteiger partial charge in [0.25, 0.3) is 5.91 Å². The van der Waals surface area contributed by atoms with Crippen molar-refractivity contribution in [2.75, 3.05) is 18.5 Å². The molecule has 0 spiro atoms. The van der Waals surface area contributed by atoms with E-state index in [0.717, 1.165) is 18.4 Å². The number of carbonyl (C=O) groups excluding carboxylic acids is 2. The third-order valence-corrected chi connectivity index (χ3v) is 4.57. The van der Waals surface area contributed by atoms with Gasteiger partial charge in [0, 0.05) is 24.8 Å². The average Bonchev–Trinajstić information content (AvgIpc) is 3.52. The fourth-order valence-electron chi connectivity index (χ4n) is 2.87. The number of anilines is 1. The molecule has 6 nitrogen and oxygen atoms in total. The Kier molecular flexibility index (Phi) is 6.53. The van der Waals surface area contributed by atoms with E-state index in [-0.39, 0.29) is 18.5 Å². The summed E-state index contributed by atoms with van der Waals surface area (Å²) >= 11 is 0. The number of nitrogens with one attached hydrogen (secondary N) is 2. The van der Waals surface area contributed by atoms with Crippen molar-refractivity contribution in [2.24, 2.45) is 0 Å². The number of ether oxygens (including phenoxy) is 1. The molecule has 2 N–H and O–H groups in total. The van der Waals surface area contributed by atoms with Gasteiger partial charge in [-0.15, -0.1) is 0 Å². The van der Waals surface area contributed by atoms with Gasteiger partial charge < -0.3 is 20.3 Å². The Labute approximate surface area is 165 Å². The van der Waals surface area contributed by atoms with E-state index in [4.69, 9.17) is 4.74 Å². The summed E-state index contributed by atoms with van der Waals surface area (Å²) in [5.74, 6) is 0.430. The molecule has 0 atom stereocenters. The third kappa shape index (κ3) is 5.74.